The molecule has 0 bridgehead atoms. The Morgan fingerprint density at radius 1 is 1.26 bits per heavy atom. The number of rotatable bonds is 8. The van der Waals surface area contributed by atoms with Gasteiger partial charge in [0, 0.05) is 26.4 Å². The molecule has 0 aliphatic carbocycles. The molecule has 7 nitrogen and oxygen atoms in total. The molecule has 1 fully saturated rings. The maximum atomic E-state index is 13.4. The fourth-order valence-corrected chi connectivity index (χ4v) is 4.05. The van der Waals surface area contributed by atoms with Gasteiger partial charge in [-0.15, -0.1) is 0 Å². The molecule has 1 aliphatic heterocycles. The minimum Gasteiger partial charge on any atom is -0.357 e. The first kappa shape index (κ1) is 20.9. The lowest BCUT2D eigenvalue weighted by Crippen LogP contribution is -2.50. The van der Waals surface area contributed by atoms with Crippen molar-refractivity contribution in [3.05, 3.63) is 35.9 Å². The lowest BCUT2D eigenvalue weighted by Gasteiger charge is -2.31. The Hall–Kier alpha value is -2.41. The number of amides is 3. The SMILES string of the molecule is CNC(=O)[C@H](Cc1ccccc1)N1CC[C@](CC(=O)NO)(CC(C)C)C1=O. The summed E-state index contributed by atoms with van der Waals surface area (Å²) in [6.45, 7) is 4.40. The molecule has 27 heavy (non-hydrogen) atoms. The van der Waals surface area contributed by atoms with E-state index in [1.807, 2.05) is 44.2 Å². The quantitative estimate of drug-likeness (QED) is 0.474. The van der Waals surface area contributed by atoms with E-state index in [2.05, 4.69) is 5.32 Å². The number of hydrogen-bond donors (Lipinski definition) is 3. The van der Waals surface area contributed by atoms with Crippen LogP contribution in [-0.2, 0) is 20.8 Å². The summed E-state index contributed by atoms with van der Waals surface area (Å²) in [5, 5.41) is 11.6. The molecule has 0 unspecified atom stereocenters. The molecule has 148 valence electrons. The number of carbonyl (C=O) groups is 3. The molecule has 1 heterocycles. The number of likely N-dealkylation sites (tertiary alicyclic amines) is 1. The third kappa shape index (κ3) is 4.86. The molecular weight excluding hydrogens is 346 g/mol. The fraction of sp³-hybridized carbons (Fsp3) is 0.550. The second kappa shape index (κ2) is 8.99. The second-order valence-electron chi connectivity index (χ2n) is 7.66. The van der Waals surface area contributed by atoms with E-state index in [9.17, 15) is 14.4 Å². The van der Waals surface area contributed by atoms with Crippen LogP contribution in [0.15, 0.2) is 30.3 Å². The Morgan fingerprint density at radius 3 is 2.48 bits per heavy atom. The molecule has 2 rings (SSSR count). The van der Waals surface area contributed by atoms with Gasteiger partial charge in [-0.2, -0.15) is 0 Å². The summed E-state index contributed by atoms with van der Waals surface area (Å²) >= 11 is 0. The number of likely N-dealkylation sites (N-methyl/N-ethyl adjacent to an activating group) is 1. The number of hydroxylamine groups is 1. The van der Waals surface area contributed by atoms with Gasteiger partial charge in [0.1, 0.15) is 6.04 Å². The van der Waals surface area contributed by atoms with Crippen LogP contribution in [0, 0.1) is 11.3 Å². The van der Waals surface area contributed by atoms with Crippen molar-refractivity contribution in [3.8, 4) is 0 Å². The minimum atomic E-state index is -0.885. The Labute approximate surface area is 160 Å². The van der Waals surface area contributed by atoms with Gasteiger partial charge in [0.25, 0.3) is 0 Å². The zero-order chi connectivity index (χ0) is 20.0. The van der Waals surface area contributed by atoms with Gasteiger partial charge in [-0.1, -0.05) is 44.2 Å². The highest BCUT2D eigenvalue weighted by molar-refractivity contribution is 5.94. The van der Waals surface area contributed by atoms with Crippen LogP contribution in [0.3, 0.4) is 0 Å². The molecule has 0 aromatic heterocycles. The van der Waals surface area contributed by atoms with Crippen LogP contribution in [-0.4, -0.2) is 47.5 Å². The van der Waals surface area contributed by atoms with Gasteiger partial charge in [-0.25, -0.2) is 5.48 Å². The summed E-state index contributed by atoms with van der Waals surface area (Å²) < 4.78 is 0. The number of carbonyl (C=O) groups excluding carboxylic acids is 3. The smallest absolute Gasteiger partial charge is 0.244 e. The van der Waals surface area contributed by atoms with Gasteiger partial charge in [-0.3, -0.25) is 19.6 Å². The summed E-state index contributed by atoms with van der Waals surface area (Å²) in [7, 11) is 1.56. The Bertz CT molecular complexity index is 677. The van der Waals surface area contributed by atoms with Crippen molar-refractivity contribution in [2.24, 2.45) is 11.3 Å². The summed E-state index contributed by atoms with van der Waals surface area (Å²) in [5.74, 6) is -0.790. The highest BCUT2D eigenvalue weighted by atomic mass is 16.5. The predicted molar refractivity (Wildman–Crippen MR) is 101 cm³/mol. The molecular formula is C20H29N3O4. The van der Waals surface area contributed by atoms with Crippen LogP contribution >= 0.6 is 0 Å². The number of benzene rings is 1. The molecule has 3 amide bonds. The van der Waals surface area contributed by atoms with E-state index >= 15 is 0 Å². The predicted octanol–water partition coefficient (Wildman–Crippen LogP) is 1.50. The van der Waals surface area contributed by atoms with Crippen molar-refractivity contribution in [2.45, 2.75) is 45.6 Å². The van der Waals surface area contributed by atoms with E-state index < -0.39 is 17.4 Å². The van der Waals surface area contributed by atoms with Crippen molar-refractivity contribution in [1.82, 2.24) is 15.7 Å². The summed E-state index contributed by atoms with van der Waals surface area (Å²) in [6, 6.07) is 8.93. The third-order valence-electron chi connectivity index (χ3n) is 5.17. The Morgan fingerprint density at radius 2 is 1.93 bits per heavy atom. The van der Waals surface area contributed by atoms with Gasteiger partial charge in [0.05, 0.1) is 5.41 Å². The van der Waals surface area contributed by atoms with Crippen molar-refractivity contribution in [1.29, 1.82) is 0 Å². The van der Waals surface area contributed by atoms with E-state index in [4.69, 9.17) is 5.21 Å². The molecule has 1 aromatic carbocycles. The molecule has 0 saturated carbocycles. The summed E-state index contributed by atoms with van der Waals surface area (Å²) in [6.07, 6.45) is 1.35. The van der Waals surface area contributed by atoms with Gasteiger partial charge in [-0.05, 0) is 24.3 Å². The van der Waals surface area contributed by atoms with Crippen LogP contribution in [0.4, 0.5) is 0 Å². The summed E-state index contributed by atoms with van der Waals surface area (Å²) in [4.78, 5) is 39.3. The van der Waals surface area contributed by atoms with E-state index in [1.165, 1.54) is 0 Å². The van der Waals surface area contributed by atoms with Gasteiger partial charge in [0.2, 0.25) is 17.7 Å². The minimum absolute atomic E-state index is 0.0805. The van der Waals surface area contributed by atoms with Crippen LogP contribution in [0.25, 0.3) is 0 Å². The topological polar surface area (TPSA) is 98.7 Å². The number of nitrogens with zero attached hydrogens (tertiary/aromatic N) is 1. The molecule has 2 atom stereocenters. The standard InChI is InChI=1S/C20H29N3O4/c1-14(2)12-20(13-17(24)22-27)9-10-23(19(20)26)16(18(25)21-3)11-15-7-5-4-6-8-15/h4-8,14,16,27H,9-13H2,1-3H3,(H,21,25)(H,22,24)/t16-,20+/m0/s1. The van der Waals surface area contributed by atoms with Gasteiger partial charge in [0.15, 0.2) is 0 Å². The zero-order valence-corrected chi connectivity index (χ0v) is 16.2. The average Bonchev–Trinajstić information content (AvgIpc) is 2.95. The number of nitrogens with one attached hydrogen (secondary N) is 2. The maximum absolute atomic E-state index is 13.4. The van der Waals surface area contributed by atoms with Crippen molar-refractivity contribution in [3.63, 3.8) is 0 Å². The molecule has 0 spiro atoms. The average molecular weight is 375 g/mol. The van der Waals surface area contributed by atoms with Crippen molar-refractivity contribution < 1.29 is 19.6 Å². The lowest BCUT2D eigenvalue weighted by atomic mass is 9.75. The first-order valence-electron chi connectivity index (χ1n) is 9.32. The maximum Gasteiger partial charge on any atom is 0.244 e. The molecule has 1 saturated heterocycles. The normalized spacial score (nSPS) is 20.6. The van der Waals surface area contributed by atoms with Crippen molar-refractivity contribution in [2.75, 3.05) is 13.6 Å². The first-order chi connectivity index (χ1) is 12.8. The molecule has 1 aliphatic rings. The van der Waals surface area contributed by atoms with E-state index in [1.54, 1.807) is 17.4 Å². The van der Waals surface area contributed by atoms with E-state index in [-0.39, 0.29) is 24.2 Å². The zero-order valence-electron chi connectivity index (χ0n) is 16.2. The Kier molecular flexibility index (Phi) is 6.96. The molecule has 7 heteroatoms. The molecule has 3 N–H and O–H groups in total. The van der Waals surface area contributed by atoms with Crippen LogP contribution in [0.2, 0.25) is 0 Å². The van der Waals surface area contributed by atoms with E-state index in [0.29, 0.717) is 25.8 Å². The third-order valence-corrected chi connectivity index (χ3v) is 5.17. The van der Waals surface area contributed by atoms with Crippen LogP contribution in [0.5, 0.6) is 0 Å². The molecule has 1 aromatic rings. The molecule has 0 radical (unpaired) electrons. The van der Waals surface area contributed by atoms with E-state index in [0.717, 1.165) is 5.56 Å². The lowest BCUT2D eigenvalue weighted by molar-refractivity contribution is -0.146. The number of hydrogen-bond acceptors (Lipinski definition) is 4. The largest absolute Gasteiger partial charge is 0.357 e. The highest BCUT2D eigenvalue weighted by Gasteiger charge is 2.50. The van der Waals surface area contributed by atoms with Gasteiger partial charge < -0.3 is 10.2 Å². The second-order valence-corrected chi connectivity index (χ2v) is 7.66. The first-order valence-corrected chi connectivity index (χ1v) is 9.32. The fourth-order valence-electron chi connectivity index (χ4n) is 4.05. The monoisotopic (exact) mass is 375 g/mol. The Balaban J connectivity index is 2.30. The summed E-state index contributed by atoms with van der Waals surface area (Å²) in [5.41, 5.74) is 1.72. The van der Waals surface area contributed by atoms with Crippen LogP contribution in [0.1, 0.15) is 38.7 Å². The van der Waals surface area contributed by atoms with Gasteiger partial charge >= 0.3 is 0 Å². The van der Waals surface area contributed by atoms with Crippen LogP contribution < -0.4 is 10.8 Å². The van der Waals surface area contributed by atoms with Crippen molar-refractivity contribution >= 4 is 17.7 Å². The highest BCUT2D eigenvalue weighted by Crippen LogP contribution is 2.42.